The quantitative estimate of drug-likeness (QED) is 0.506. The van der Waals surface area contributed by atoms with Crippen LogP contribution >= 0.6 is 0 Å². The third-order valence-electron chi connectivity index (χ3n) is 11.6. The lowest BCUT2D eigenvalue weighted by molar-refractivity contribution is -0.162. The molecule has 0 aliphatic heterocycles. The van der Waals surface area contributed by atoms with Gasteiger partial charge in [-0.1, -0.05) is 26.7 Å². The molecule has 1 N–H and O–H groups in total. The van der Waals surface area contributed by atoms with Gasteiger partial charge in [-0.05, 0) is 116 Å². The molecule has 2 aromatic rings. The van der Waals surface area contributed by atoms with E-state index in [0.717, 1.165) is 59.5 Å². The molecular formula is C31H44N2O2. The van der Waals surface area contributed by atoms with Gasteiger partial charge in [-0.25, -0.2) is 9.97 Å². The lowest BCUT2D eigenvalue weighted by atomic mass is 9.44. The number of hydrogen-bond acceptors (Lipinski definition) is 4. The number of methoxy groups -OCH3 is 1. The van der Waals surface area contributed by atoms with E-state index >= 15 is 0 Å². The van der Waals surface area contributed by atoms with Crippen molar-refractivity contribution < 1.29 is 9.84 Å². The van der Waals surface area contributed by atoms with Crippen LogP contribution in [0, 0.1) is 40.4 Å². The summed E-state index contributed by atoms with van der Waals surface area (Å²) < 4.78 is 5.33. The summed E-state index contributed by atoms with van der Waals surface area (Å²) in [5.41, 5.74) is 1.89. The largest absolute Gasteiger partial charge is 0.497 e. The summed E-state index contributed by atoms with van der Waals surface area (Å²) in [4.78, 5) is 9.48. The molecule has 8 atom stereocenters. The van der Waals surface area contributed by atoms with Crippen molar-refractivity contribution in [3.8, 4) is 5.75 Å². The molecule has 6 rings (SSSR count). The van der Waals surface area contributed by atoms with Crippen LogP contribution in [0.2, 0.25) is 0 Å². The molecule has 190 valence electrons. The molecule has 4 nitrogen and oxygen atoms in total. The maximum Gasteiger partial charge on any atom is 0.128 e. The summed E-state index contributed by atoms with van der Waals surface area (Å²) >= 11 is 0. The van der Waals surface area contributed by atoms with E-state index in [-0.39, 0.29) is 6.10 Å². The van der Waals surface area contributed by atoms with Crippen molar-refractivity contribution in [2.45, 2.75) is 97.0 Å². The van der Waals surface area contributed by atoms with E-state index in [1.54, 1.807) is 7.11 Å². The second kappa shape index (κ2) is 9.01. The van der Waals surface area contributed by atoms with Gasteiger partial charge in [0.15, 0.2) is 0 Å². The van der Waals surface area contributed by atoms with E-state index in [4.69, 9.17) is 9.72 Å². The summed E-state index contributed by atoms with van der Waals surface area (Å²) in [6.07, 6.45) is 17.2. The van der Waals surface area contributed by atoms with E-state index in [2.05, 4.69) is 18.8 Å². The average molecular weight is 477 g/mol. The minimum absolute atomic E-state index is 0.0656. The monoisotopic (exact) mass is 476 g/mol. The summed E-state index contributed by atoms with van der Waals surface area (Å²) in [5, 5.41) is 12.5. The molecular weight excluding hydrogens is 432 g/mol. The first-order chi connectivity index (χ1) is 16.9. The summed E-state index contributed by atoms with van der Waals surface area (Å²) in [6, 6.07) is 6.02. The van der Waals surface area contributed by atoms with E-state index < -0.39 is 0 Å². The van der Waals surface area contributed by atoms with Crippen molar-refractivity contribution in [1.82, 2.24) is 9.97 Å². The Balaban J connectivity index is 1.12. The lowest BCUT2D eigenvalue weighted by Crippen LogP contribution is -2.57. The van der Waals surface area contributed by atoms with Crippen LogP contribution < -0.4 is 4.74 Å². The molecule has 0 amide bonds. The first-order valence-electron chi connectivity index (χ1n) is 14.4. The molecule has 1 aromatic heterocycles. The number of aliphatic hydroxyl groups is 1. The van der Waals surface area contributed by atoms with Gasteiger partial charge in [-0.15, -0.1) is 0 Å². The van der Waals surface area contributed by atoms with Gasteiger partial charge in [0.05, 0.1) is 18.7 Å². The Kier molecular flexibility index (Phi) is 6.10. The smallest absolute Gasteiger partial charge is 0.128 e. The Morgan fingerprint density at radius 3 is 2.74 bits per heavy atom. The first kappa shape index (κ1) is 23.7. The fraction of sp³-hybridized carbons (Fsp3) is 0.742. The minimum atomic E-state index is -0.0656. The second-order valence-electron chi connectivity index (χ2n) is 13.0. The van der Waals surface area contributed by atoms with Crippen LogP contribution in [-0.4, -0.2) is 28.3 Å². The highest BCUT2D eigenvalue weighted by molar-refractivity contribution is 5.79. The molecule has 0 spiro atoms. The number of aryl methyl sites for hydroxylation is 1. The van der Waals surface area contributed by atoms with Gasteiger partial charge in [-0.2, -0.15) is 0 Å². The molecule has 35 heavy (non-hydrogen) atoms. The van der Waals surface area contributed by atoms with Gasteiger partial charge in [-0.3, -0.25) is 0 Å². The third-order valence-corrected chi connectivity index (χ3v) is 11.6. The van der Waals surface area contributed by atoms with Gasteiger partial charge < -0.3 is 9.84 Å². The number of benzene rings is 1. The van der Waals surface area contributed by atoms with Crippen molar-refractivity contribution in [1.29, 1.82) is 0 Å². The Hall–Kier alpha value is -1.68. The maximum atomic E-state index is 11.4. The van der Waals surface area contributed by atoms with Crippen LogP contribution in [0.3, 0.4) is 0 Å². The van der Waals surface area contributed by atoms with E-state index in [9.17, 15) is 5.11 Å². The van der Waals surface area contributed by atoms with Gasteiger partial charge in [0.25, 0.3) is 0 Å². The Bertz CT molecular complexity index is 1070. The number of aromatic nitrogens is 2. The Labute approximate surface area is 211 Å². The van der Waals surface area contributed by atoms with Crippen molar-refractivity contribution in [3.05, 3.63) is 30.2 Å². The average Bonchev–Trinajstić information content (AvgIpc) is 3.20. The molecule has 4 aliphatic carbocycles. The second-order valence-corrected chi connectivity index (χ2v) is 13.0. The molecule has 4 saturated carbocycles. The number of fused-ring (bicyclic) bond motifs is 6. The molecule has 0 radical (unpaired) electrons. The van der Waals surface area contributed by atoms with Crippen molar-refractivity contribution in [3.63, 3.8) is 0 Å². The highest BCUT2D eigenvalue weighted by Crippen LogP contribution is 2.67. The first-order valence-corrected chi connectivity index (χ1v) is 14.4. The van der Waals surface area contributed by atoms with Crippen LogP contribution in [0.25, 0.3) is 10.9 Å². The van der Waals surface area contributed by atoms with E-state index in [1.165, 1.54) is 57.8 Å². The summed E-state index contributed by atoms with van der Waals surface area (Å²) in [5.74, 6) is 5.36. The molecule has 1 heterocycles. The molecule has 8 unspecified atom stereocenters. The topological polar surface area (TPSA) is 55.2 Å². The van der Waals surface area contributed by atoms with Crippen molar-refractivity contribution in [2.75, 3.05) is 7.11 Å². The highest BCUT2D eigenvalue weighted by atomic mass is 16.5. The number of hydrogen-bond donors (Lipinski definition) is 1. The minimum Gasteiger partial charge on any atom is -0.497 e. The fourth-order valence-corrected chi connectivity index (χ4v) is 9.64. The molecule has 4 fully saturated rings. The van der Waals surface area contributed by atoms with Crippen LogP contribution in [0.4, 0.5) is 0 Å². The van der Waals surface area contributed by atoms with Crippen LogP contribution in [-0.2, 0) is 6.42 Å². The van der Waals surface area contributed by atoms with E-state index in [0.29, 0.717) is 22.7 Å². The molecule has 0 saturated heterocycles. The number of ether oxygens (including phenoxy) is 1. The predicted molar refractivity (Wildman–Crippen MR) is 140 cm³/mol. The lowest BCUT2D eigenvalue weighted by Gasteiger charge is -2.62. The van der Waals surface area contributed by atoms with Crippen LogP contribution in [0.1, 0.15) is 90.3 Å². The normalized spacial score (nSPS) is 40.7. The third kappa shape index (κ3) is 3.90. The molecule has 1 aromatic carbocycles. The van der Waals surface area contributed by atoms with Gasteiger partial charge >= 0.3 is 0 Å². The van der Waals surface area contributed by atoms with Crippen LogP contribution in [0.5, 0.6) is 5.75 Å². The number of rotatable bonds is 5. The van der Waals surface area contributed by atoms with E-state index in [1.807, 2.05) is 24.4 Å². The Morgan fingerprint density at radius 2 is 1.89 bits per heavy atom. The summed E-state index contributed by atoms with van der Waals surface area (Å²) in [6.45, 7) is 5.20. The van der Waals surface area contributed by atoms with Gasteiger partial charge in [0, 0.05) is 18.0 Å². The molecule has 0 bridgehead atoms. The number of aliphatic hydroxyl groups excluding tert-OH is 1. The fourth-order valence-electron chi connectivity index (χ4n) is 9.64. The zero-order chi connectivity index (χ0) is 24.2. The Morgan fingerprint density at radius 1 is 1.03 bits per heavy atom. The standard InChI is InChI=1S/C31H44N2O2/c1-30-15-5-4-7-22(30)18-27(34)29-24-12-10-21(31(24,2)16-14-25(29)30)8-6-9-28-32-19-20-17-23(35-3)11-13-26(20)33-28/h11,13,17,19,21-22,24-25,27,29,34H,4-10,12,14-16,18H2,1-3H3. The van der Waals surface area contributed by atoms with Crippen molar-refractivity contribution in [2.24, 2.45) is 40.4 Å². The maximum absolute atomic E-state index is 11.4. The molecule has 4 aliphatic rings. The zero-order valence-corrected chi connectivity index (χ0v) is 22.0. The molecule has 4 heteroatoms. The zero-order valence-electron chi connectivity index (χ0n) is 22.0. The summed E-state index contributed by atoms with van der Waals surface area (Å²) in [7, 11) is 1.69. The van der Waals surface area contributed by atoms with Crippen LogP contribution in [0.15, 0.2) is 24.4 Å². The number of nitrogens with zero attached hydrogens (tertiary/aromatic N) is 2. The van der Waals surface area contributed by atoms with Gasteiger partial charge in [0.2, 0.25) is 0 Å². The SMILES string of the molecule is COc1ccc2nc(CCCC3CCC4C5C(O)CC6CCCCC6(C)C5CCC34C)ncc2c1. The van der Waals surface area contributed by atoms with Crippen molar-refractivity contribution >= 4 is 10.9 Å². The highest BCUT2D eigenvalue weighted by Gasteiger charge is 2.61. The van der Waals surface area contributed by atoms with Gasteiger partial charge in [0.1, 0.15) is 11.6 Å². The predicted octanol–water partition coefficient (Wildman–Crippen LogP) is 6.98.